The first-order valence-electron chi connectivity index (χ1n) is 8.78. The first-order valence-corrected chi connectivity index (χ1v) is 9.73. The summed E-state index contributed by atoms with van der Waals surface area (Å²) < 4.78 is 0. The highest BCUT2D eigenvalue weighted by molar-refractivity contribution is 7.07. The molecular formula is C18H21N7S. The summed E-state index contributed by atoms with van der Waals surface area (Å²) in [6.07, 6.45) is 12.0. The van der Waals surface area contributed by atoms with Crippen LogP contribution < -0.4 is 5.32 Å². The number of hydrogen-bond donors (Lipinski definition) is 1. The Kier molecular flexibility index (Phi) is 5.41. The lowest BCUT2D eigenvalue weighted by Gasteiger charge is -2.31. The average Bonchev–Trinajstić information content (AvgIpc) is 3.19. The number of nitrogens with zero attached hydrogens (tertiary/aromatic N) is 6. The van der Waals surface area contributed by atoms with E-state index in [1.807, 2.05) is 11.7 Å². The van der Waals surface area contributed by atoms with E-state index in [-0.39, 0.29) is 0 Å². The molecule has 134 valence electrons. The van der Waals surface area contributed by atoms with Crippen LogP contribution in [0.25, 0.3) is 0 Å². The van der Waals surface area contributed by atoms with Gasteiger partial charge in [0.2, 0.25) is 0 Å². The SMILES string of the molecule is c1cnc(Nc2cnc(CC3CCN(Cc4cscn4)CC3)cn2)cn1. The lowest BCUT2D eigenvalue weighted by Crippen LogP contribution is -2.34. The molecule has 4 heterocycles. The molecule has 4 rings (SSSR count). The molecule has 0 unspecified atom stereocenters. The molecule has 0 amide bonds. The topological polar surface area (TPSA) is 79.7 Å². The fourth-order valence-electron chi connectivity index (χ4n) is 3.21. The zero-order valence-electron chi connectivity index (χ0n) is 14.5. The first-order chi connectivity index (χ1) is 12.8. The normalized spacial score (nSPS) is 15.8. The van der Waals surface area contributed by atoms with Gasteiger partial charge in [0.05, 0.1) is 35.5 Å². The van der Waals surface area contributed by atoms with Crippen LogP contribution in [0.5, 0.6) is 0 Å². The second-order valence-corrected chi connectivity index (χ2v) is 7.23. The van der Waals surface area contributed by atoms with E-state index in [4.69, 9.17) is 0 Å². The van der Waals surface area contributed by atoms with Crippen LogP contribution >= 0.6 is 11.3 Å². The van der Waals surface area contributed by atoms with Crippen LogP contribution in [-0.4, -0.2) is 42.9 Å². The molecule has 0 saturated carbocycles. The summed E-state index contributed by atoms with van der Waals surface area (Å²) in [5.74, 6) is 2.03. The highest BCUT2D eigenvalue weighted by Gasteiger charge is 2.20. The summed E-state index contributed by atoms with van der Waals surface area (Å²) in [6.45, 7) is 3.22. The van der Waals surface area contributed by atoms with E-state index in [2.05, 4.69) is 40.5 Å². The zero-order chi connectivity index (χ0) is 17.6. The van der Waals surface area contributed by atoms with Crippen molar-refractivity contribution in [3.63, 3.8) is 0 Å². The smallest absolute Gasteiger partial charge is 0.150 e. The minimum absolute atomic E-state index is 0.669. The molecule has 1 aliphatic heterocycles. The third-order valence-electron chi connectivity index (χ3n) is 4.60. The number of thiazole rings is 1. The molecule has 7 nitrogen and oxygen atoms in total. The Balaban J connectivity index is 1.26. The number of piperidine rings is 1. The van der Waals surface area contributed by atoms with Gasteiger partial charge in [0.1, 0.15) is 11.6 Å². The predicted molar refractivity (Wildman–Crippen MR) is 101 cm³/mol. The number of anilines is 2. The van der Waals surface area contributed by atoms with Crippen molar-refractivity contribution in [3.8, 4) is 0 Å². The molecule has 0 atom stereocenters. The predicted octanol–water partition coefficient (Wildman–Crippen LogP) is 2.92. The first kappa shape index (κ1) is 17.0. The second-order valence-electron chi connectivity index (χ2n) is 6.51. The van der Waals surface area contributed by atoms with Gasteiger partial charge in [-0.25, -0.2) is 15.0 Å². The van der Waals surface area contributed by atoms with Gasteiger partial charge in [0, 0.05) is 24.3 Å². The fraction of sp³-hybridized carbons (Fsp3) is 0.389. The minimum atomic E-state index is 0.669. The summed E-state index contributed by atoms with van der Waals surface area (Å²) in [7, 11) is 0. The summed E-state index contributed by atoms with van der Waals surface area (Å²) in [5.41, 5.74) is 4.14. The van der Waals surface area contributed by atoms with Crippen molar-refractivity contribution >= 4 is 23.0 Å². The molecule has 0 aliphatic carbocycles. The number of aromatic nitrogens is 5. The van der Waals surface area contributed by atoms with Crippen LogP contribution in [0.1, 0.15) is 24.2 Å². The van der Waals surface area contributed by atoms with E-state index < -0.39 is 0 Å². The van der Waals surface area contributed by atoms with Crippen molar-refractivity contribution in [3.05, 3.63) is 53.3 Å². The largest absolute Gasteiger partial charge is 0.322 e. The molecule has 1 N–H and O–H groups in total. The van der Waals surface area contributed by atoms with Crippen molar-refractivity contribution < 1.29 is 0 Å². The van der Waals surface area contributed by atoms with Crippen LogP contribution in [0.3, 0.4) is 0 Å². The summed E-state index contributed by atoms with van der Waals surface area (Å²) in [6, 6.07) is 0. The van der Waals surface area contributed by atoms with Crippen molar-refractivity contribution in [2.24, 2.45) is 5.92 Å². The molecule has 1 fully saturated rings. The number of likely N-dealkylation sites (tertiary alicyclic amines) is 1. The molecule has 3 aromatic rings. The number of hydrogen-bond acceptors (Lipinski definition) is 8. The number of rotatable bonds is 6. The van der Waals surface area contributed by atoms with E-state index in [0.717, 1.165) is 31.7 Å². The maximum absolute atomic E-state index is 4.55. The third kappa shape index (κ3) is 4.59. The molecule has 8 heteroatoms. The van der Waals surface area contributed by atoms with E-state index in [0.29, 0.717) is 17.6 Å². The Morgan fingerprint density at radius 1 is 0.962 bits per heavy atom. The Bertz CT molecular complexity index is 784. The van der Waals surface area contributed by atoms with Crippen LogP contribution in [0.4, 0.5) is 11.6 Å². The van der Waals surface area contributed by atoms with E-state index in [9.17, 15) is 0 Å². The zero-order valence-corrected chi connectivity index (χ0v) is 15.3. The van der Waals surface area contributed by atoms with Gasteiger partial charge in [0.25, 0.3) is 0 Å². The van der Waals surface area contributed by atoms with Gasteiger partial charge in [-0.15, -0.1) is 11.3 Å². The van der Waals surface area contributed by atoms with Gasteiger partial charge in [0.15, 0.2) is 0 Å². The Morgan fingerprint density at radius 3 is 2.54 bits per heavy atom. The summed E-state index contributed by atoms with van der Waals surface area (Å²) in [4.78, 5) is 24.1. The summed E-state index contributed by atoms with van der Waals surface area (Å²) >= 11 is 1.67. The van der Waals surface area contributed by atoms with Crippen molar-refractivity contribution in [2.45, 2.75) is 25.8 Å². The van der Waals surface area contributed by atoms with Gasteiger partial charge in [-0.1, -0.05) is 0 Å². The van der Waals surface area contributed by atoms with Crippen molar-refractivity contribution in [2.75, 3.05) is 18.4 Å². The van der Waals surface area contributed by atoms with Gasteiger partial charge in [-0.05, 0) is 38.3 Å². The average molecular weight is 367 g/mol. The third-order valence-corrected chi connectivity index (χ3v) is 5.23. The molecule has 0 aromatic carbocycles. The molecular weight excluding hydrogens is 346 g/mol. The van der Waals surface area contributed by atoms with Crippen molar-refractivity contribution in [1.29, 1.82) is 0 Å². The summed E-state index contributed by atoms with van der Waals surface area (Å²) in [5, 5.41) is 5.24. The molecule has 0 radical (unpaired) electrons. The van der Waals surface area contributed by atoms with E-state index in [1.165, 1.54) is 18.5 Å². The molecule has 26 heavy (non-hydrogen) atoms. The molecule has 0 bridgehead atoms. The standard InChI is InChI=1S/C18H21N7S/c1-5-25(11-16-12-26-13-23-16)6-2-14(1)7-15-8-22-18(10-21-15)24-17-9-19-3-4-20-17/h3-4,8-10,12-14H,1-2,5-7,11H2,(H,20,22,24). The van der Waals surface area contributed by atoms with Gasteiger partial charge in [-0.3, -0.25) is 14.9 Å². The maximum atomic E-state index is 4.55. The van der Waals surface area contributed by atoms with Gasteiger partial charge < -0.3 is 5.32 Å². The van der Waals surface area contributed by atoms with E-state index >= 15 is 0 Å². The van der Waals surface area contributed by atoms with Gasteiger partial charge in [-0.2, -0.15) is 0 Å². The van der Waals surface area contributed by atoms with Gasteiger partial charge >= 0.3 is 0 Å². The van der Waals surface area contributed by atoms with Crippen LogP contribution in [0, 0.1) is 5.92 Å². The molecule has 1 saturated heterocycles. The second kappa shape index (κ2) is 8.29. The van der Waals surface area contributed by atoms with Crippen LogP contribution in [-0.2, 0) is 13.0 Å². The molecule has 1 aliphatic rings. The minimum Gasteiger partial charge on any atom is -0.322 e. The monoisotopic (exact) mass is 367 g/mol. The molecule has 0 spiro atoms. The molecule has 3 aromatic heterocycles. The lowest BCUT2D eigenvalue weighted by atomic mass is 9.92. The van der Waals surface area contributed by atoms with Crippen LogP contribution in [0.15, 0.2) is 41.9 Å². The van der Waals surface area contributed by atoms with Crippen molar-refractivity contribution in [1.82, 2.24) is 29.8 Å². The number of nitrogens with one attached hydrogen (secondary N) is 1. The fourth-order valence-corrected chi connectivity index (χ4v) is 3.76. The quantitative estimate of drug-likeness (QED) is 0.717. The van der Waals surface area contributed by atoms with Crippen LogP contribution in [0.2, 0.25) is 0 Å². The Morgan fingerprint density at radius 2 is 1.85 bits per heavy atom. The van der Waals surface area contributed by atoms with E-state index in [1.54, 1.807) is 36.1 Å². The highest BCUT2D eigenvalue weighted by atomic mass is 32.1. The highest BCUT2D eigenvalue weighted by Crippen LogP contribution is 2.22. The maximum Gasteiger partial charge on any atom is 0.150 e. The lowest BCUT2D eigenvalue weighted by molar-refractivity contribution is 0.175. The Hall–Kier alpha value is -2.45. The Labute approximate surface area is 156 Å².